The fourth-order valence-electron chi connectivity index (χ4n) is 2.34. The molecule has 0 saturated carbocycles. The molecule has 1 N–H and O–H groups in total. The lowest BCUT2D eigenvalue weighted by Gasteiger charge is -2.20. The molecule has 0 bridgehead atoms. The van der Waals surface area contributed by atoms with Crippen molar-refractivity contribution < 1.29 is 9.13 Å². The molecule has 0 aliphatic heterocycles. The maximum Gasteiger partial charge on any atom is 0.133 e. The Bertz CT molecular complexity index is 603. The molecular formula is C17H19BrFNO. The molecule has 1 unspecified atom stereocenters. The van der Waals surface area contributed by atoms with Crippen LogP contribution in [0.2, 0.25) is 0 Å². The Balaban J connectivity index is 2.26. The van der Waals surface area contributed by atoms with Crippen molar-refractivity contribution in [3.05, 3.63) is 63.9 Å². The number of likely N-dealkylation sites (N-methyl/N-ethyl adjacent to an activating group) is 1. The van der Waals surface area contributed by atoms with E-state index in [0.29, 0.717) is 6.42 Å². The van der Waals surface area contributed by atoms with Gasteiger partial charge in [-0.05, 0) is 58.2 Å². The fourth-order valence-corrected chi connectivity index (χ4v) is 2.90. The van der Waals surface area contributed by atoms with Crippen LogP contribution in [0.15, 0.2) is 46.9 Å². The molecule has 2 aromatic rings. The number of hydrogen-bond acceptors (Lipinski definition) is 2. The fraction of sp³-hybridized carbons (Fsp3) is 0.294. The Kier molecular flexibility index (Phi) is 5.76. The summed E-state index contributed by atoms with van der Waals surface area (Å²) in [4.78, 5) is 0. The number of rotatable bonds is 6. The van der Waals surface area contributed by atoms with Crippen LogP contribution in [0.25, 0.3) is 0 Å². The van der Waals surface area contributed by atoms with Crippen molar-refractivity contribution in [3.63, 3.8) is 0 Å². The van der Waals surface area contributed by atoms with E-state index in [9.17, 15) is 4.39 Å². The lowest BCUT2D eigenvalue weighted by Crippen LogP contribution is -2.23. The molecule has 0 saturated heterocycles. The van der Waals surface area contributed by atoms with E-state index in [1.54, 1.807) is 13.2 Å². The Hall–Kier alpha value is -1.39. The zero-order valence-electron chi connectivity index (χ0n) is 12.2. The van der Waals surface area contributed by atoms with Gasteiger partial charge in [0.25, 0.3) is 0 Å². The molecule has 0 amide bonds. The summed E-state index contributed by atoms with van der Waals surface area (Å²) in [6, 6.07) is 12.9. The second-order valence-corrected chi connectivity index (χ2v) is 5.65. The number of methoxy groups -OCH3 is 1. The topological polar surface area (TPSA) is 21.3 Å². The highest BCUT2D eigenvalue weighted by Gasteiger charge is 2.15. The Morgan fingerprint density at radius 2 is 2.00 bits per heavy atom. The van der Waals surface area contributed by atoms with Crippen LogP contribution < -0.4 is 10.1 Å². The van der Waals surface area contributed by atoms with E-state index in [2.05, 4.69) is 21.2 Å². The largest absolute Gasteiger partial charge is 0.496 e. The molecule has 2 rings (SSSR count). The first-order valence-corrected chi connectivity index (χ1v) is 7.75. The van der Waals surface area contributed by atoms with Gasteiger partial charge in [0.05, 0.1) is 11.6 Å². The van der Waals surface area contributed by atoms with E-state index in [-0.39, 0.29) is 11.9 Å². The third-order valence-electron chi connectivity index (χ3n) is 3.41. The summed E-state index contributed by atoms with van der Waals surface area (Å²) >= 11 is 3.50. The molecule has 1 atom stereocenters. The number of benzene rings is 2. The van der Waals surface area contributed by atoms with Gasteiger partial charge in [-0.3, -0.25) is 0 Å². The number of ether oxygens (including phenoxy) is 1. The van der Waals surface area contributed by atoms with E-state index < -0.39 is 0 Å². The highest BCUT2D eigenvalue weighted by atomic mass is 79.9. The van der Waals surface area contributed by atoms with Gasteiger partial charge in [0.15, 0.2) is 0 Å². The number of nitrogens with one attached hydrogen (secondary N) is 1. The summed E-state index contributed by atoms with van der Waals surface area (Å²) in [6.07, 6.45) is 0.610. The van der Waals surface area contributed by atoms with Crippen LogP contribution in [0.5, 0.6) is 5.75 Å². The minimum atomic E-state index is -0.159. The highest BCUT2D eigenvalue weighted by molar-refractivity contribution is 9.10. The van der Waals surface area contributed by atoms with Crippen LogP contribution in [0.1, 0.15) is 24.1 Å². The lowest BCUT2D eigenvalue weighted by atomic mass is 9.98. The molecule has 4 heteroatoms. The first-order chi connectivity index (χ1) is 10.2. The van der Waals surface area contributed by atoms with Crippen molar-refractivity contribution >= 4 is 15.9 Å². The van der Waals surface area contributed by atoms with Crippen LogP contribution in [0, 0.1) is 5.82 Å². The summed E-state index contributed by atoms with van der Waals surface area (Å²) in [5.41, 5.74) is 1.82. The van der Waals surface area contributed by atoms with Gasteiger partial charge < -0.3 is 10.1 Å². The Morgan fingerprint density at radius 3 is 2.62 bits per heavy atom. The summed E-state index contributed by atoms with van der Waals surface area (Å²) in [5, 5.41) is 3.41. The molecule has 0 radical (unpaired) electrons. The van der Waals surface area contributed by atoms with Gasteiger partial charge in [-0.1, -0.05) is 31.2 Å². The maximum atomic E-state index is 13.8. The van der Waals surface area contributed by atoms with E-state index in [1.165, 1.54) is 6.07 Å². The first-order valence-electron chi connectivity index (χ1n) is 6.96. The molecule has 2 nitrogen and oxygen atoms in total. The minimum absolute atomic E-state index is 0.0640. The predicted molar refractivity (Wildman–Crippen MR) is 87.2 cm³/mol. The molecule has 0 aromatic heterocycles. The SMILES string of the molecule is CCNC(Cc1ccccc1F)c1ccc(OC)c(Br)c1. The van der Waals surface area contributed by atoms with Crippen molar-refractivity contribution in [2.24, 2.45) is 0 Å². The summed E-state index contributed by atoms with van der Waals surface area (Å²) in [5.74, 6) is 0.632. The standard InChI is InChI=1S/C17H19BrFNO/c1-3-20-16(11-12-6-4-5-7-15(12)19)13-8-9-17(21-2)14(18)10-13/h4-10,16,20H,3,11H2,1-2H3. The molecule has 112 valence electrons. The first kappa shape index (κ1) is 16.0. The van der Waals surface area contributed by atoms with Crippen molar-refractivity contribution in [3.8, 4) is 5.75 Å². The molecule has 0 aliphatic carbocycles. The summed E-state index contributed by atoms with van der Waals surface area (Å²) in [6.45, 7) is 2.87. The molecular weight excluding hydrogens is 333 g/mol. The molecule has 2 aromatic carbocycles. The van der Waals surface area contributed by atoms with Gasteiger partial charge in [0.2, 0.25) is 0 Å². The quantitative estimate of drug-likeness (QED) is 0.827. The van der Waals surface area contributed by atoms with Gasteiger partial charge in [-0.2, -0.15) is 0 Å². The normalized spacial score (nSPS) is 12.2. The minimum Gasteiger partial charge on any atom is -0.496 e. The molecule has 0 heterocycles. The maximum absolute atomic E-state index is 13.8. The third kappa shape index (κ3) is 4.05. The molecule has 0 spiro atoms. The van der Waals surface area contributed by atoms with Crippen molar-refractivity contribution in [1.29, 1.82) is 0 Å². The second kappa shape index (κ2) is 7.57. The zero-order valence-corrected chi connectivity index (χ0v) is 13.8. The van der Waals surface area contributed by atoms with Crippen LogP contribution >= 0.6 is 15.9 Å². The van der Waals surface area contributed by atoms with Crippen LogP contribution in [-0.2, 0) is 6.42 Å². The molecule has 0 aliphatic rings. The third-order valence-corrected chi connectivity index (χ3v) is 4.03. The Morgan fingerprint density at radius 1 is 1.24 bits per heavy atom. The number of hydrogen-bond donors (Lipinski definition) is 1. The van der Waals surface area contributed by atoms with Crippen LogP contribution in [-0.4, -0.2) is 13.7 Å². The van der Waals surface area contributed by atoms with Gasteiger partial charge in [-0.15, -0.1) is 0 Å². The van der Waals surface area contributed by atoms with Crippen LogP contribution in [0.3, 0.4) is 0 Å². The molecule has 21 heavy (non-hydrogen) atoms. The average molecular weight is 352 g/mol. The van der Waals surface area contributed by atoms with Crippen molar-refractivity contribution in [2.75, 3.05) is 13.7 Å². The zero-order chi connectivity index (χ0) is 15.2. The summed E-state index contributed by atoms with van der Waals surface area (Å²) in [7, 11) is 1.64. The van der Waals surface area contributed by atoms with E-state index in [0.717, 1.165) is 27.9 Å². The van der Waals surface area contributed by atoms with Gasteiger partial charge >= 0.3 is 0 Å². The number of halogens is 2. The van der Waals surface area contributed by atoms with Gasteiger partial charge in [-0.25, -0.2) is 4.39 Å². The lowest BCUT2D eigenvalue weighted by molar-refractivity contribution is 0.411. The van der Waals surface area contributed by atoms with Crippen LogP contribution in [0.4, 0.5) is 4.39 Å². The smallest absolute Gasteiger partial charge is 0.133 e. The average Bonchev–Trinajstić information content (AvgIpc) is 2.49. The van der Waals surface area contributed by atoms with E-state index in [4.69, 9.17) is 4.74 Å². The van der Waals surface area contributed by atoms with E-state index in [1.807, 2.05) is 37.3 Å². The predicted octanol–water partition coefficient (Wildman–Crippen LogP) is 4.49. The molecule has 0 fully saturated rings. The second-order valence-electron chi connectivity index (χ2n) is 4.80. The highest BCUT2D eigenvalue weighted by Crippen LogP contribution is 2.29. The van der Waals surface area contributed by atoms with E-state index >= 15 is 0 Å². The Labute approximate surface area is 133 Å². The van der Waals surface area contributed by atoms with Crippen molar-refractivity contribution in [2.45, 2.75) is 19.4 Å². The van der Waals surface area contributed by atoms with Crippen molar-refractivity contribution in [1.82, 2.24) is 5.32 Å². The summed E-state index contributed by atoms with van der Waals surface area (Å²) < 4.78 is 20.0. The van der Waals surface area contributed by atoms with Gasteiger partial charge in [0, 0.05) is 6.04 Å². The monoisotopic (exact) mass is 351 g/mol. The van der Waals surface area contributed by atoms with Gasteiger partial charge in [0.1, 0.15) is 11.6 Å².